The van der Waals surface area contributed by atoms with E-state index in [-0.39, 0.29) is 15.8 Å². The van der Waals surface area contributed by atoms with E-state index in [0.717, 1.165) is 79.0 Å². The predicted octanol–water partition coefficient (Wildman–Crippen LogP) is 10.8. The van der Waals surface area contributed by atoms with Crippen LogP contribution in [0.4, 0.5) is 17.1 Å². The fourth-order valence-electron chi connectivity index (χ4n) is 8.58. The molecule has 0 amide bonds. The van der Waals surface area contributed by atoms with E-state index >= 15 is 0 Å². The third-order valence-corrected chi connectivity index (χ3v) is 14.9. The zero-order valence-electron chi connectivity index (χ0n) is 35.8. The Hall–Kier alpha value is -5.52. The molecule has 5 N–H and O–H groups in total. The first kappa shape index (κ1) is 41.2. The zero-order valence-corrected chi connectivity index (χ0v) is 37.6. The maximum Gasteiger partial charge on any atom is 0.239 e. The third kappa shape index (κ3) is 8.98. The van der Waals surface area contributed by atoms with Gasteiger partial charge in [0.25, 0.3) is 0 Å². The first-order valence-corrected chi connectivity index (χ1v) is 24.2. The maximum atomic E-state index is 6.43. The minimum atomic E-state index is 0.0991. The number of aromatic nitrogens is 4. The van der Waals surface area contributed by atoms with E-state index < -0.39 is 0 Å². The van der Waals surface area contributed by atoms with Gasteiger partial charge >= 0.3 is 224 Å². The number of benzene rings is 6. The second kappa shape index (κ2) is 18.8. The summed E-state index contributed by atoms with van der Waals surface area (Å²) in [7, 11) is 0. The van der Waals surface area contributed by atoms with Crippen LogP contribution in [0.2, 0.25) is 5.21 Å². The van der Waals surface area contributed by atoms with E-state index in [1.165, 1.54) is 96.1 Å². The molecule has 0 saturated heterocycles. The minimum Gasteiger partial charge on any atom is -0.398 e. The van der Waals surface area contributed by atoms with E-state index in [2.05, 4.69) is 144 Å². The number of para-hydroxylation sites is 2. The normalized spacial score (nSPS) is 11.9. The Balaban J connectivity index is 0.770. The summed E-state index contributed by atoms with van der Waals surface area (Å²) in [6, 6.07) is 38.6. The molecule has 0 spiro atoms. The van der Waals surface area contributed by atoms with Crippen LogP contribution in [-0.2, 0) is 0 Å². The molecule has 0 aliphatic rings. The molecule has 8 rings (SSSR count). The molecule has 1 radical (unpaired) electrons. The van der Waals surface area contributed by atoms with Gasteiger partial charge in [-0.05, 0) is 37.1 Å². The quantitative estimate of drug-likeness (QED) is 0.0279. The number of nitrogens with two attached hydrogens (primary N) is 2. The van der Waals surface area contributed by atoms with Crippen LogP contribution < -0.4 is 30.3 Å². The van der Waals surface area contributed by atoms with Gasteiger partial charge in [-0.3, -0.25) is 0 Å². The molecule has 6 aromatic carbocycles. The maximum absolute atomic E-state index is 6.43. The molecule has 7 nitrogen and oxygen atoms in total. The summed E-state index contributed by atoms with van der Waals surface area (Å²) in [5.41, 5.74) is 30.8. The first-order valence-electron chi connectivity index (χ1n) is 21.9. The summed E-state index contributed by atoms with van der Waals surface area (Å²) in [6.07, 6.45) is 13.1. The van der Waals surface area contributed by atoms with Crippen molar-refractivity contribution in [2.75, 3.05) is 23.3 Å². The van der Waals surface area contributed by atoms with E-state index in [4.69, 9.17) is 21.4 Å². The SMILES string of the molecule is Cc1cc2nc3cc(C)c(NCCCCCCCCCCCC[As]c4ccc5nc6cc(C)c(N)cc6[n+](-c6ccccc6)c5c4C)cc3[n+](-c3ccccc3)c2cc1N. The molecule has 305 valence electrons. The van der Waals surface area contributed by atoms with Crippen LogP contribution in [0.15, 0.2) is 109 Å². The van der Waals surface area contributed by atoms with Gasteiger partial charge in [0.05, 0.1) is 0 Å². The molecular formula is C52H59AsN7+2. The van der Waals surface area contributed by atoms with Gasteiger partial charge in [-0.2, -0.15) is 0 Å². The van der Waals surface area contributed by atoms with Crippen LogP contribution >= 0.6 is 0 Å². The summed E-state index contributed by atoms with van der Waals surface area (Å²) >= 11 is 0.0991. The van der Waals surface area contributed by atoms with Crippen molar-refractivity contribution < 1.29 is 9.13 Å². The number of hydrogen-bond donors (Lipinski definition) is 3. The standard InChI is InChI=1S/C52H57AsN7/c1-35-29-46-49(32-42(35)54)59(39-21-15-13-16-22-39)51-34-45(37(3)31-48(51)58-46)56-28-20-12-10-8-6-5-7-9-11-19-27-53-41-25-26-44-52(38(41)4)60(40-23-17-14-18-24-40)50-33-43(55)36(2)30-47(50)57-44/h13-18,21-26,29-34,55H,5-12,19-20,27-28H2,1-4H3,(H2,54,56)/p+2. The van der Waals surface area contributed by atoms with Crippen molar-refractivity contribution in [2.24, 2.45) is 0 Å². The van der Waals surface area contributed by atoms with Crippen LogP contribution in [0.5, 0.6) is 0 Å². The Kier molecular flexibility index (Phi) is 12.9. The van der Waals surface area contributed by atoms with Crippen LogP contribution in [-0.4, -0.2) is 32.3 Å². The van der Waals surface area contributed by atoms with Gasteiger partial charge in [0.2, 0.25) is 16.7 Å². The summed E-state index contributed by atoms with van der Waals surface area (Å²) in [5, 5.41) is 5.07. The number of nitrogen functional groups attached to an aromatic ring is 2. The van der Waals surface area contributed by atoms with E-state index in [1.807, 2.05) is 6.92 Å². The monoisotopic (exact) mass is 856 g/mol. The van der Waals surface area contributed by atoms with Gasteiger partial charge in [-0.1, -0.05) is 18.2 Å². The van der Waals surface area contributed by atoms with Crippen LogP contribution in [0.1, 0.15) is 86.5 Å². The average molecular weight is 857 g/mol. The van der Waals surface area contributed by atoms with Gasteiger partial charge in [-0.25, -0.2) is 4.98 Å². The van der Waals surface area contributed by atoms with Gasteiger partial charge in [0.1, 0.15) is 11.0 Å². The summed E-state index contributed by atoms with van der Waals surface area (Å²) < 4.78 is 6.18. The van der Waals surface area contributed by atoms with Crippen molar-refractivity contribution >= 4 is 81.3 Å². The molecule has 8 aromatic rings. The Morgan fingerprint density at radius 1 is 0.500 bits per heavy atom. The number of fused-ring (bicyclic) bond motifs is 4. The number of anilines is 3. The number of rotatable bonds is 17. The van der Waals surface area contributed by atoms with Crippen LogP contribution in [0.25, 0.3) is 55.5 Å². The largest absolute Gasteiger partial charge is 0.398 e. The molecule has 2 heterocycles. The van der Waals surface area contributed by atoms with Crippen molar-refractivity contribution in [3.63, 3.8) is 0 Å². The smallest absolute Gasteiger partial charge is 0.239 e. The average Bonchev–Trinajstić information content (AvgIpc) is 3.25. The number of hydrogen-bond acceptors (Lipinski definition) is 5. The van der Waals surface area contributed by atoms with Crippen molar-refractivity contribution in [1.82, 2.24) is 9.97 Å². The summed E-state index contributed by atoms with van der Waals surface area (Å²) in [4.78, 5) is 10.2. The van der Waals surface area contributed by atoms with E-state index in [1.54, 1.807) is 0 Å². The van der Waals surface area contributed by atoms with Gasteiger partial charge < -0.3 is 11.1 Å². The van der Waals surface area contributed by atoms with Crippen LogP contribution in [0, 0.1) is 27.7 Å². The Morgan fingerprint density at radius 3 is 1.58 bits per heavy atom. The van der Waals surface area contributed by atoms with Crippen molar-refractivity contribution in [3.05, 3.63) is 131 Å². The molecule has 60 heavy (non-hydrogen) atoms. The molecule has 0 aliphatic heterocycles. The van der Waals surface area contributed by atoms with Crippen molar-refractivity contribution in [2.45, 2.75) is 97.1 Å². The van der Waals surface area contributed by atoms with Crippen molar-refractivity contribution in [1.29, 1.82) is 0 Å². The summed E-state index contributed by atoms with van der Waals surface area (Å²) in [6.45, 7) is 9.54. The molecule has 0 atom stereocenters. The minimum absolute atomic E-state index is 0.0991. The first-order chi connectivity index (χ1) is 29.3. The molecule has 0 saturated carbocycles. The van der Waals surface area contributed by atoms with Gasteiger partial charge in [-0.15, -0.1) is 4.57 Å². The second-order valence-electron chi connectivity index (χ2n) is 16.5. The topological polar surface area (TPSA) is 97.6 Å². The third-order valence-electron chi connectivity index (χ3n) is 12.1. The summed E-state index contributed by atoms with van der Waals surface area (Å²) in [5.74, 6) is 0. The fraction of sp³-hybridized carbons (Fsp3) is 0.308. The molecule has 0 unspecified atom stereocenters. The van der Waals surface area contributed by atoms with Gasteiger partial charge in [0.15, 0.2) is 0 Å². The predicted molar refractivity (Wildman–Crippen MR) is 254 cm³/mol. The number of nitrogens with zero attached hydrogens (tertiary/aromatic N) is 4. The molecule has 8 heteroatoms. The van der Waals surface area contributed by atoms with Gasteiger partial charge in [0, 0.05) is 35.6 Å². The molecule has 2 aromatic heterocycles. The number of aryl methyl sites for hydroxylation is 4. The number of unbranched alkanes of at least 4 members (excludes halogenated alkanes) is 9. The molecular weight excluding hydrogens is 798 g/mol. The van der Waals surface area contributed by atoms with Crippen molar-refractivity contribution in [3.8, 4) is 11.4 Å². The second-order valence-corrected chi connectivity index (χ2v) is 19.2. The Bertz CT molecular complexity index is 2750. The Morgan fingerprint density at radius 2 is 0.983 bits per heavy atom. The van der Waals surface area contributed by atoms with E-state index in [9.17, 15) is 0 Å². The fourth-order valence-corrected chi connectivity index (χ4v) is 11.0. The number of nitrogens with one attached hydrogen (secondary N) is 1. The van der Waals surface area contributed by atoms with E-state index in [0.29, 0.717) is 0 Å². The molecule has 0 aliphatic carbocycles. The Labute approximate surface area is 362 Å². The zero-order chi connectivity index (χ0) is 41.6. The van der Waals surface area contributed by atoms with Crippen LogP contribution in [0.3, 0.4) is 0 Å². The molecule has 0 fully saturated rings. The molecule has 0 bridgehead atoms.